The first kappa shape index (κ1) is 17.9. The molecule has 0 aromatic heterocycles. The highest BCUT2D eigenvalue weighted by molar-refractivity contribution is 5.33. The smallest absolute Gasteiger partial charge is 0.119 e. The lowest BCUT2D eigenvalue weighted by Gasteiger charge is -2.12. The van der Waals surface area contributed by atoms with Crippen molar-refractivity contribution in [2.75, 3.05) is 13.2 Å². The van der Waals surface area contributed by atoms with Gasteiger partial charge in [-0.25, -0.2) is 0 Å². The Morgan fingerprint density at radius 3 is 1.44 bits per heavy atom. The Hall–Kier alpha value is -2.48. The number of allylic oxidation sites excluding steroid dienone is 4. The molecule has 140 valence electrons. The zero-order valence-electron chi connectivity index (χ0n) is 15.8. The van der Waals surface area contributed by atoms with Crippen molar-refractivity contribution in [3.8, 4) is 11.5 Å². The van der Waals surface area contributed by atoms with Crippen molar-refractivity contribution in [2.24, 2.45) is 0 Å². The first-order valence-electron chi connectivity index (χ1n) is 10.2. The van der Waals surface area contributed by atoms with Crippen LogP contribution in [-0.4, -0.2) is 13.2 Å². The van der Waals surface area contributed by atoms with E-state index < -0.39 is 0 Å². The summed E-state index contributed by atoms with van der Waals surface area (Å²) < 4.78 is 11.7. The predicted octanol–water partition coefficient (Wildman–Crippen LogP) is 6.40. The first-order valence-corrected chi connectivity index (χ1v) is 10.2. The van der Waals surface area contributed by atoms with Gasteiger partial charge in [0.2, 0.25) is 0 Å². The Bertz CT molecular complexity index is 703. The van der Waals surface area contributed by atoms with E-state index in [1.165, 1.54) is 36.8 Å². The standard InChI is InChI=1S/C25H28O2/c1-2-7-20(6-1)22-10-14-24(15-11-22)26-18-5-19-27-25-16-12-23(13-17-25)21-8-3-4-9-21/h1,3,6,8,10-17,20-21H,2,4-5,7,9,18-19H2. The maximum atomic E-state index is 5.84. The van der Waals surface area contributed by atoms with Crippen LogP contribution in [0.5, 0.6) is 11.5 Å². The lowest BCUT2D eigenvalue weighted by molar-refractivity contribution is 0.247. The van der Waals surface area contributed by atoms with Crippen molar-refractivity contribution in [1.29, 1.82) is 0 Å². The molecule has 2 aliphatic carbocycles. The van der Waals surface area contributed by atoms with Gasteiger partial charge in [0.25, 0.3) is 0 Å². The van der Waals surface area contributed by atoms with Gasteiger partial charge in [-0.05, 0) is 61.1 Å². The van der Waals surface area contributed by atoms with E-state index in [0.29, 0.717) is 25.0 Å². The van der Waals surface area contributed by atoms with Crippen LogP contribution in [-0.2, 0) is 0 Å². The molecule has 0 saturated heterocycles. The van der Waals surface area contributed by atoms with E-state index in [-0.39, 0.29) is 0 Å². The molecule has 0 fully saturated rings. The molecule has 2 aromatic rings. The third-order valence-corrected chi connectivity index (χ3v) is 5.47. The van der Waals surface area contributed by atoms with Gasteiger partial charge in [-0.3, -0.25) is 0 Å². The van der Waals surface area contributed by atoms with Gasteiger partial charge >= 0.3 is 0 Å². The van der Waals surface area contributed by atoms with Gasteiger partial charge in [0, 0.05) is 18.3 Å². The second-order valence-corrected chi connectivity index (χ2v) is 7.41. The molecular formula is C25H28O2. The summed E-state index contributed by atoms with van der Waals surface area (Å²) in [5.74, 6) is 3.05. The summed E-state index contributed by atoms with van der Waals surface area (Å²) in [6.45, 7) is 1.35. The highest BCUT2D eigenvalue weighted by Gasteiger charge is 2.12. The highest BCUT2D eigenvalue weighted by atomic mass is 16.5. The Balaban J connectivity index is 1.16. The largest absolute Gasteiger partial charge is 0.493 e. The van der Waals surface area contributed by atoms with E-state index >= 15 is 0 Å². The van der Waals surface area contributed by atoms with E-state index in [1.54, 1.807) is 0 Å². The maximum absolute atomic E-state index is 5.84. The van der Waals surface area contributed by atoms with Crippen LogP contribution < -0.4 is 9.47 Å². The number of hydrogen-bond donors (Lipinski definition) is 0. The number of rotatable bonds is 8. The Morgan fingerprint density at radius 2 is 1.07 bits per heavy atom. The first-order chi connectivity index (χ1) is 13.4. The van der Waals surface area contributed by atoms with Gasteiger partial charge in [-0.2, -0.15) is 0 Å². The molecule has 0 heterocycles. The molecule has 0 saturated carbocycles. The lowest BCUT2D eigenvalue weighted by atomic mass is 9.99. The van der Waals surface area contributed by atoms with Crippen LogP contribution in [0.1, 0.15) is 55.1 Å². The van der Waals surface area contributed by atoms with Crippen LogP contribution in [0, 0.1) is 0 Å². The number of hydrogen-bond acceptors (Lipinski definition) is 2. The summed E-state index contributed by atoms with van der Waals surface area (Å²) >= 11 is 0. The molecule has 0 amide bonds. The molecule has 0 spiro atoms. The van der Waals surface area contributed by atoms with Crippen molar-refractivity contribution in [2.45, 2.75) is 43.9 Å². The van der Waals surface area contributed by atoms with Crippen molar-refractivity contribution in [1.82, 2.24) is 0 Å². The van der Waals surface area contributed by atoms with Gasteiger partial charge < -0.3 is 9.47 Å². The average Bonchev–Trinajstić information content (AvgIpc) is 3.43. The number of benzene rings is 2. The summed E-state index contributed by atoms with van der Waals surface area (Å²) in [6.07, 6.45) is 14.9. The molecule has 27 heavy (non-hydrogen) atoms. The molecule has 4 rings (SSSR count). The fourth-order valence-corrected chi connectivity index (χ4v) is 3.88. The monoisotopic (exact) mass is 360 g/mol. The van der Waals surface area contributed by atoms with Crippen molar-refractivity contribution in [3.05, 3.63) is 84.0 Å². The molecule has 2 nitrogen and oxygen atoms in total. The summed E-state index contributed by atoms with van der Waals surface area (Å²) in [7, 11) is 0. The average molecular weight is 360 g/mol. The van der Waals surface area contributed by atoms with E-state index in [1.807, 2.05) is 0 Å². The van der Waals surface area contributed by atoms with Crippen molar-refractivity contribution in [3.63, 3.8) is 0 Å². The Morgan fingerprint density at radius 1 is 0.630 bits per heavy atom. The SMILES string of the molecule is C1=CC(c2ccc(OCCCOc3ccc(C4C=CCC4)cc3)cc2)CC1. The second kappa shape index (κ2) is 8.94. The summed E-state index contributed by atoms with van der Waals surface area (Å²) in [6, 6.07) is 17.1. The molecule has 2 heteroatoms. The number of ether oxygens (including phenoxy) is 2. The summed E-state index contributed by atoms with van der Waals surface area (Å²) in [4.78, 5) is 0. The van der Waals surface area contributed by atoms with Crippen LogP contribution in [0.15, 0.2) is 72.8 Å². The molecule has 2 unspecified atom stereocenters. The minimum absolute atomic E-state index is 0.587. The highest BCUT2D eigenvalue weighted by Crippen LogP contribution is 2.30. The molecular weight excluding hydrogens is 332 g/mol. The van der Waals surface area contributed by atoms with Gasteiger partial charge in [0.15, 0.2) is 0 Å². The molecule has 0 N–H and O–H groups in total. The van der Waals surface area contributed by atoms with E-state index in [0.717, 1.165) is 17.9 Å². The normalized spacial score (nSPS) is 20.9. The fraction of sp³-hybridized carbons (Fsp3) is 0.360. The van der Waals surface area contributed by atoms with Crippen molar-refractivity contribution < 1.29 is 9.47 Å². The lowest BCUT2D eigenvalue weighted by Crippen LogP contribution is -2.05. The van der Waals surface area contributed by atoms with Crippen LogP contribution in [0.4, 0.5) is 0 Å². The molecule has 2 atom stereocenters. The van der Waals surface area contributed by atoms with Crippen LogP contribution in [0.3, 0.4) is 0 Å². The quantitative estimate of drug-likeness (QED) is 0.400. The Labute approximate surface area is 162 Å². The topological polar surface area (TPSA) is 18.5 Å². The van der Waals surface area contributed by atoms with Gasteiger partial charge in [0.05, 0.1) is 13.2 Å². The maximum Gasteiger partial charge on any atom is 0.119 e. The van der Waals surface area contributed by atoms with Crippen LogP contribution in [0.25, 0.3) is 0 Å². The van der Waals surface area contributed by atoms with Crippen LogP contribution >= 0.6 is 0 Å². The third-order valence-electron chi connectivity index (χ3n) is 5.47. The predicted molar refractivity (Wildman–Crippen MR) is 111 cm³/mol. The van der Waals surface area contributed by atoms with Gasteiger partial charge in [0.1, 0.15) is 11.5 Å². The van der Waals surface area contributed by atoms with E-state index in [2.05, 4.69) is 72.8 Å². The third kappa shape index (κ3) is 4.82. The summed E-state index contributed by atoms with van der Waals surface area (Å²) in [5.41, 5.74) is 2.77. The minimum atomic E-state index is 0.587. The van der Waals surface area contributed by atoms with E-state index in [9.17, 15) is 0 Å². The second-order valence-electron chi connectivity index (χ2n) is 7.41. The van der Waals surface area contributed by atoms with Gasteiger partial charge in [-0.1, -0.05) is 48.6 Å². The molecule has 2 aromatic carbocycles. The van der Waals surface area contributed by atoms with Gasteiger partial charge in [-0.15, -0.1) is 0 Å². The zero-order valence-corrected chi connectivity index (χ0v) is 15.8. The summed E-state index contributed by atoms with van der Waals surface area (Å²) in [5, 5.41) is 0. The molecule has 2 aliphatic rings. The minimum Gasteiger partial charge on any atom is -0.493 e. The van der Waals surface area contributed by atoms with Crippen LogP contribution in [0.2, 0.25) is 0 Å². The van der Waals surface area contributed by atoms with Crippen molar-refractivity contribution >= 4 is 0 Å². The fourth-order valence-electron chi connectivity index (χ4n) is 3.88. The molecule has 0 aliphatic heterocycles. The Kier molecular flexibility index (Phi) is 5.93. The zero-order chi connectivity index (χ0) is 18.3. The van der Waals surface area contributed by atoms with E-state index in [4.69, 9.17) is 9.47 Å². The molecule has 0 radical (unpaired) electrons. The molecule has 0 bridgehead atoms.